The molecule has 0 amide bonds. The quantitative estimate of drug-likeness (QED) is 0.849. The van der Waals surface area contributed by atoms with Gasteiger partial charge in [0.15, 0.2) is 0 Å². The Labute approximate surface area is 84.6 Å². The largest absolute Gasteiger partial charge is 0.573 e. The summed E-state index contributed by atoms with van der Waals surface area (Å²) < 4.78 is 44.5. The summed E-state index contributed by atoms with van der Waals surface area (Å²) >= 11 is 0. The number of rotatable bonds is 3. The molecule has 1 aromatic carbocycles. The summed E-state index contributed by atoms with van der Waals surface area (Å²) in [5, 5.41) is 0. The lowest BCUT2D eigenvalue weighted by Gasteiger charge is -2.13. The van der Waals surface area contributed by atoms with Gasteiger partial charge in [0.1, 0.15) is 11.5 Å². The predicted molar refractivity (Wildman–Crippen MR) is 47.6 cm³/mol. The number of ether oxygens (including phenoxy) is 2. The van der Waals surface area contributed by atoms with E-state index in [4.69, 9.17) is 10.5 Å². The van der Waals surface area contributed by atoms with Crippen LogP contribution >= 0.6 is 0 Å². The van der Waals surface area contributed by atoms with Crippen molar-refractivity contribution in [2.45, 2.75) is 12.9 Å². The van der Waals surface area contributed by atoms with Crippen LogP contribution in [0.25, 0.3) is 0 Å². The average Bonchev–Trinajstić information content (AvgIpc) is 2.16. The molecule has 0 aromatic heterocycles. The Kier molecular flexibility index (Phi) is 3.41. The molecule has 84 valence electrons. The minimum Gasteiger partial charge on any atom is -0.497 e. The molecule has 1 aromatic rings. The summed E-state index contributed by atoms with van der Waals surface area (Å²) in [7, 11) is 1.42. The van der Waals surface area contributed by atoms with Gasteiger partial charge >= 0.3 is 6.36 Å². The van der Waals surface area contributed by atoms with Crippen molar-refractivity contribution < 1.29 is 22.6 Å². The van der Waals surface area contributed by atoms with Crippen LogP contribution < -0.4 is 15.2 Å². The smallest absolute Gasteiger partial charge is 0.497 e. The van der Waals surface area contributed by atoms with Gasteiger partial charge in [-0.05, 0) is 18.2 Å². The van der Waals surface area contributed by atoms with Gasteiger partial charge in [0.25, 0.3) is 0 Å². The maximum absolute atomic E-state index is 11.9. The van der Waals surface area contributed by atoms with E-state index in [1.807, 2.05) is 0 Å². The fourth-order valence-corrected chi connectivity index (χ4v) is 1.07. The number of methoxy groups -OCH3 is 1. The summed E-state index contributed by atoms with van der Waals surface area (Å²) in [6, 6.07) is 3.95. The second kappa shape index (κ2) is 4.39. The molecule has 0 spiro atoms. The van der Waals surface area contributed by atoms with E-state index < -0.39 is 6.36 Å². The molecule has 1 rings (SSSR count). The average molecular weight is 221 g/mol. The van der Waals surface area contributed by atoms with E-state index in [9.17, 15) is 13.2 Å². The Hall–Kier alpha value is -1.43. The molecule has 2 N–H and O–H groups in total. The van der Waals surface area contributed by atoms with Gasteiger partial charge in [-0.25, -0.2) is 0 Å². The van der Waals surface area contributed by atoms with Crippen molar-refractivity contribution in [2.24, 2.45) is 5.73 Å². The maximum atomic E-state index is 11.9. The minimum atomic E-state index is -4.71. The summed E-state index contributed by atoms with van der Waals surface area (Å²) in [6.07, 6.45) is -4.71. The number of halogens is 3. The van der Waals surface area contributed by atoms with Crippen molar-refractivity contribution in [3.63, 3.8) is 0 Å². The van der Waals surface area contributed by atoms with Crippen LogP contribution in [0.1, 0.15) is 5.56 Å². The van der Waals surface area contributed by atoms with Crippen molar-refractivity contribution >= 4 is 0 Å². The van der Waals surface area contributed by atoms with Crippen LogP contribution in [0.4, 0.5) is 13.2 Å². The highest BCUT2D eigenvalue weighted by Gasteiger charge is 2.31. The molecule has 0 saturated heterocycles. The highest BCUT2D eigenvalue weighted by Crippen LogP contribution is 2.28. The fraction of sp³-hybridized carbons (Fsp3) is 0.333. The van der Waals surface area contributed by atoms with Crippen molar-refractivity contribution in [3.05, 3.63) is 23.8 Å². The van der Waals surface area contributed by atoms with E-state index in [0.717, 1.165) is 0 Å². The standard InChI is InChI=1S/C9H10F3NO2/c1-14-7-2-3-8(6(4-7)5-13)15-9(10,11)12/h2-4H,5,13H2,1H3. The molecule has 0 aliphatic heterocycles. The number of nitrogens with two attached hydrogens (primary N) is 1. The Bertz CT molecular complexity index is 339. The van der Waals surface area contributed by atoms with E-state index >= 15 is 0 Å². The zero-order valence-electron chi connectivity index (χ0n) is 7.97. The van der Waals surface area contributed by atoms with Gasteiger partial charge in [0.05, 0.1) is 7.11 Å². The summed E-state index contributed by atoms with van der Waals surface area (Å²) in [5.41, 5.74) is 5.53. The van der Waals surface area contributed by atoms with Gasteiger partial charge in [0.2, 0.25) is 0 Å². The molecular formula is C9H10F3NO2. The van der Waals surface area contributed by atoms with Crippen LogP contribution in [0.3, 0.4) is 0 Å². The molecule has 0 aliphatic carbocycles. The first kappa shape index (κ1) is 11.6. The molecule has 3 nitrogen and oxygen atoms in total. The zero-order chi connectivity index (χ0) is 11.5. The van der Waals surface area contributed by atoms with Gasteiger partial charge < -0.3 is 15.2 Å². The van der Waals surface area contributed by atoms with Crippen molar-refractivity contribution in [1.82, 2.24) is 0 Å². The van der Waals surface area contributed by atoms with Gasteiger partial charge in [-0.1, -0.05) is 0 Å². The zero-order valence-corrected chi connectivity index (χ0v) is 7.97. The number of hydrogen-bond donors (Lipinski definition) is 1. The number of alkyl halides is 3. The highest BCUT2D eigenvalue weighted by molar-refractivity contribution is 5.40. The Morgan fingerprint density at radius 2 is 2.00 bits per heavy atom. The first-order chi connectivity index (χ1) is 6.96. The molecule has 0 atom stereocenters. The van der Waals surface area contributed by atoms with Crippen LogP contribution in [-0.4, -0.2) is 13.5 Å². The van der Waals surface area contributed by atoms with Gasteiger partial charge in [-0.15, -0.1) is 13.2 Å². The van der Waals surface area contributed by atoms with Crippen LogP contribution in [-0.2, 0) is 6.54 Å². The summed E-state index contributed by atoms with van der Waals surface area (Å²) in [4.78, 5) is 0. The van der Waals surface area contributed by atoms with Gasteiger partial charge in [-0.3, -0.25) is 0 Å². The minimum absolute atomic E-state index is 0.0530. The first-order valence-corrected chi connectivity index (χ1v) is 4.09. The van der Waals surface area contributed by atoms with Crippen LogP contribution in [0.2, 0.25) is 0 Å². The lowest BCUT2D eigenvalue weighted by Crippen LogP contribution is -2.18. The molecule has 0 radical (unpaired) electrons. The second-order valence-corrected chi connectivity index (χ2v) is 2.73. The van der Waals surface area contributed by atoms with Crippen LogP contribution in [0.15, 0.2) is 18.2 Å². The monoisotopic (exact) mass is 221 g/mol. The topological polar surface area (TPSA) is 44.5 Å². The van der Waals surface area contributed by atoms with Gasteiger partial charge in [0, 0.05) is 12.1 Å². The SMILES string of the molecule is COc1ccc(OC(F)(F)F)c(CN)c1. The second-order valence-electron chi connectivity index (χ2n) is 2.73. The predicted octanol–water partition coefficient (Wildman–Crippen LogP) is 2.05. The fourth-order valence-electron chi connectivity index (χ4n) is 1.07. The Morgan fingerprint density at radius 1 is 1.33 bits per heavy atom. The molecule has 0 bridgehead atoms. The molecule has 0 unspecified atom stereocenters. The molecule has 0 heterocycles. The number of hydrogen-bond acceptors (Lipinski definition) is 3. The lowest BCUT2D eigenvalue weighted by molar-refractivity contribution is -0.274. The third-order valence-corrected chi connectivity index (χ3v) is 1.71. The normalized spacial score (nSPS) is 11.3. The van der Waals surface area contributed by atoms with Crippen molar-refractivity contribution in [1.29, 1.82) is 0 Å². The molecule has 0 saturated carbocycles. The third-order valence-electron chi connectivity index (χ3n) is 1.71. The lowest BCUT2D eigenvalue weighted by atomic mass is 10.2. The van der Waals surface area contributed by atoms with E-state index in [1.165, 1.54) is 25.3 Å². The third kappa shape index (κ3) is 3.32. The first-order valence-electron chi connectivity index (χ1n) is 4.09. The van der Waals surface area contributed by atoms with Crippen LogP contribution in [0, 0.1) is 0 Å². The summed E-state index contributed by atoms with van der Waals surface area (Å²) in [5.74, 6) is 0.135. The van der Waals surface area contributed by atoms with E-state index in [1.54, 1.807) is 0 Å². The summed E-state index contributed by atoms with van der Waals surface area (Å²) in [6.45, 7) is -0.0530. The van der Waals surface area contributed by atoms with Crippen LogP contribution in [0.5, 0.6) is 11.5 Å². The molecule has 6 heteroatoms. The van der Waals surface area contributed by atoms with E-state index in [-0.39, 0.29) is 17.9 Å². The maximum Gasteiger partial charge on any atom is 0.573 e. The number of benzene rings is 1. The molecule has 15 heavy (non-hydrogen) atoms. The Morgan fingerprint density at radius 3 is 2.47 bits per heavy atom. The molecule has 0 fully saturated rings. The van der Waals surface area contributed by atoms with E-state index in [0.29, 0.717) is 5.75 Å². The highest BCUT2D eigenvalue weighted by atomic mass is 19.4. The van der Waals surface area contributed by atoms with Crippen molar-refractivity contribution in [2.75, 3.05) is 7.11 Å². The molecule has 0 aliphatic rings. The van der Waals surface area contributed by atoms with Crippen molar-refractivity contribution in [3.8, 4) is 11.5 Å². The van der Waals surface area contributed by atoms with E-state index in [2.05, 4.69) is 4.74 Å². The molecular weight excluding hydrogens is 211 g/mol. The Balaban J connectivity index is 2.97. The van der Waals surface area contributed by atoms with Gasteiger partial charge in [-0.2, -0.15) is 0 Å².